The van der Waals surface area contributed by atoms with E-state index in [2.05, 4.69) is 6.92 Å². The van der Waals surface area contributed by atoms with Gasteiger partial charge in [0.1, 0.15) is 6.10 Å². The first-order valence-corrected chi connectivity index (χ1v) is 4.91. The first-order chi connectivity index (χ1) is 6.15. The largest absolute Gasteiger partial charge is 0.389 e. The lowest BCUT2D eigenvalue weighted by Gasteiger charge is -2.36. The number of aliphatic hydroxyl groups is 3. The molecule has 0 aliphatic carbocycles. The van der Waals surface area contributed by atoms with Crippen LogP contribution in [0.4, 0.5) is 0 Å². The molecule has 4 nitrogen and oxygen atoms in total. The Morgan fingerprint density at radius 3 is 2.15 bits per heavy atom. The summed E-state index contributed by atoms with van der Waals surface area (Å²) in [7, 11) is 0. The maximum absolute atomic E-state index is 9.37. The number of nitrogens with zero attached hydrogens (tertiary/aromatic N) is 1. The summed E-state index contributed by atoms with van der Waals surface area (Å²) in [5.41, 5.74) is 0. The van der Waals surface area contributed by atoms with Crippen molar-refractivity contribution in [2.75, 3.05) is 19.6 Å². The topological polar surface area (TPSA) is 63.9 Å². The molecule has 0 aromatic carbocycles. The molecule has 13 heavy (non-hydrogen) atoms. The van der Waals surface area contributed by atoms with Gasteiger partial charge in [0.25, 0.3) is 0 Å². The number of hydrogen-bond donors (Lipinski definition) is 3. The van der Waals surface area contributed by atoms with E-state index in [9.17, 15) is 15.3 Å². The van der Waals surface area contributed by atoms with Crippen LogP contribution in [0.2, 0.25) is 0 Å². The van der Waals surface area contributed by atoms with Gasteiger partial charge in [-0.15, -0.1) is 0 Å². The van der Waals surface area contributed by atoms with Gasteiger partial charge in [-0.1, -0.05) is 13.3 Å². The number of rotatable bonds is 3. The first-order valence-electron chi connectivity index (χ1n) is 4.91. The summed E-state index contributed by atoms with van der Waals surface area (Å²) in [5.74, 6) is 0. The van der Waals surface area contributed by atoms with Crippen LogP contribution in [-0.4, -0.2) is 58.2 Å². The fraction of sp³-hybridized carbons (Fsp3) is 1.00. The van der Waals surface area contributed by atoms with Crippen molar-refractivity contribution in [2.24, 2.45) is 0 Å². The molecule has 4 heteroatoms. The van der Waals surface area contributed by atoms with E-state index >= 15 is 0 Å². The number of hydrogen-bond acceptors (Lipinski definition) is 4. The second-order valence-electron chi connectivity index (χ2n) is 3.74. The minimum atomic E-state index is -0.974. The SMILES string of the molecule is CCCCN1C[C@@H](O)C(O)[C@H](O)C1. The number of β-amino-alcohol motifs (C(OH)–C–C–N with tert-alkyl or cyclic N) is 2. The third kappa shape index (κ3) is 2.91. The van der Waals surface area contributed by atoms with E-state index in [0.29, 0.717) is 13.1 Å². The molecule has 2 atom stereocenters. The zero-order valence-electron chi connectivity index (χ0n) is 8.06. The van der Waals surface area contributed by atoms with Crippen molar-refractivity contribution < 1.29 is 15.3 Å². The van der Waals surface area contributed by atoms with Crippen LogP contribution in [0.3, 0.4) is 0 Å². The van der Waals surface area contributed by atoms with Gasteiger partial charge in [0, 0.05) is 13.1 Å². The van der Waals surface area contributed by atoms with Crippen molar-refractivity contribution in [1.82, 2.24) is 4.90 Å². The van der Waals surface area contributed by atoms with E-state index in [-0.39, 0.29) is 0 Å². The van der Waals surface area contributed by atoms with Crippen molar-refractivity contribution >= 4 is 0 Å². The highest BCUT2D eigenvalue weighted by Gasteiger charge is 2.32. The second-order valence-corrected chi connectivity index (χ2v) is 3.74. The average molecular weight is 189 g/mol. The first kappa shape index (κ1) is 10.9. The maximum Gasteiger partial charge on any atom is 0.108 e. The van der Waals surface area contributed by atoms with Crippen molar-refractivity contribution in [3.05, 3.63) is 0 Å². The lowest BCUT2D eigenvalue weighted by atomic mass is 10.0. The normalized spacial score (nSPS) is 32.3. The quantitative estimate of drug-likeness (QED) is 0.543. The number of aliphatic hydroxyl groups excluding tert-OH is 3. The maximum atomic E-state index is 9.37. The third-order valence-corrected chi connectivity index (χ3v) is 2.51. The van der Waals surface area contributed by atoms with Gasteiger partial charge in [0.2, 0.25) is 0 Å². The molecule has 1 fully saturated rings. The predicted molar refractivity (Wildman–Crippen MR) is 49.4 cm³/mol. The fourth-order valence-electron chi connectivity index (χ4n) is 1.64. The molecule has 3 N–H and O–H groups in total. The molecule has 0 radical (unpaired) electrons. The summed E-state index contributed by atoms with van der Waals surface area (Å²) in [5, 5.41) is 28.0. The Hall–Kier alpha value is -0.160. The Labute approximate surface area is 78.8 Å². The van der Waals surface area contributed by atoms with E-state index in [0.717, 1.165) is 19.4 Å². The van der Waals surface area contributed by atoms with Crippen molar-refractivity contribution in [3.63, 3.8) is 0 Å². The Morgan fingerprint density at radius 1 is 1.15 bits per heavy atom. The highest BCUT2D eigenvalue weighted by Crippen LogP contribution is 2.12. The van der Waals surface area contributed by atoms with Crippen LogP contribution in [0, 0.1) is 0 Å². The van der Waals surface area contributed by atoms with E-state index in [1.54, 1.807) is 0 Å². The Morgan fingerprint density at radius 2 is 1.69 bits per heavy atom. The minimum absolute atomic E-state index is 0.470. The van der Waals surface area contributed by atoms with Gasteiger partial charge < -0.3 is 15.3 Å². The molecule has 1 aliphatic heterocycles. The molecule has 0 aromatic heterocycles. The standard InChI is InChI=1S/C9H19NO3/c1-2-3-4-10-5-7(11)9(13)8(12)6-10/h7-9,11-13H,2-6H2,1H3/t7-,8-/m1/s1. The van der Waals surface area contributed by atoms with E-state index in [4.69, 9.17) is 0 Å². The molecule has 1 heterocycles. The lowest BCUT2D eigenvalue weighted by molar-refractivity contribution is -0.109. The van der Waals surface area contributed by atoms with E-state index < -0.39 is 18.3 Å². The Kier molecular flexibility index (Phi) is 4.12. The van der Waals surface area contributed by atoms with Crippen LogP contribution < -0.4 is 0 Å². The highest BCUT2D eigenvalue weighted by atomic mass is 16.4. The monoisotopic (exact) mass is 189 g/mol. The van der Waals surface area contributed by atoms with Gasteiger partial charge in [0.15, 0.2) is 0 Å². The molecule has 1 aliphatic rings. The van der Waals surface area contributed by atoms with Crippen LogP contribution in [0.5, 0.6) is 0 Å². The Balaban J connectivity index is 2.35. The zero-order chi connectivity index (χ0) is 9.84. The fourth-order valence-corrected chi connectivity index (χ4v) is 1.64. The summed E-state index contributed by atoms with van der Waals surface area (Å²) >= 11 is 0. The zero-order valence-corrected chi connectivity index (χ0v) is 8.06. The molecule has 78 valence electrons. The van der Waals surface area contributed by atoms with Crippen LogP contribution in [-0.2, 0) is 0 Å². The molecular weight excluding hydrogens is 170 g/mol. The number of piperidine rings is 1. The van der Waals surface area contributed by atoms with Gasteiger partial charge in [-0.2, -0.15) is 0 Å². The minimum Gasteiger partial charge on any atom is -0.389 e. The van der Waals surface area contributed by atoms with Gasteiger partial charge in [-0.3, -0.25) is 4.90 Å². The molecule has 0 aromatic rings. The Bertz CT molecular complexity index is 142. The van der Waals surface area contributed by atoms with Crippen molar-refractivity contribution in [2.45, 2.75) is 38.1 Å². The van der Waals surface area contributed by atoms with Gasteiger partial charge >= 0.3 is 0 Å². The molecular formula is C9H19NO3. The molecule has 0 bridgehead atoms. The van der Waals surface area contributed by atoms with E-state index in [1.807, 2.05) is 4.90 Å². The molecule has 1 rings (SSSR count). The summed E-state index contributed by atoms with van der Waals surface area (Å²) in [6.45, 7) is 3.93. The number of unbranched alkanes of at least 4 members (excludes halogenated alkanes) is 1. The summed E-state index contributed by atoms with van der Waals surface area (Å²) in [4.78, 5) is 1.99. The molecule has 1 saturated heterocycles. The predicted octanol–water partition coefficient (Wildman–Crippen LogP) is -0.815. The van der Waals surface area contributed by atoms with E-state index in [1.165, 1.54) is 0 Å². The highest BCUT2D eigenvalue weighted by molar-refractivity contribution is 4.85. The summed E-state index contributed by atoms with van der Waals surface area (Å²) < 4.78 is 0. The van der Waals surface area contributed by atoms with Crippen LogP contribution in [0.1, 0.15) is 19.8 Å². The number of likely N-dealkylation sites (tertiary alicyclic amines) is 1. The summed E-state index contributed by atoms with van der Waals surface area (Å²) in [6.07, 6.45) is -0.417. The van der Waals surface area contributed by atoms with Crippen LogP contribution >= 0.6 is 0 Å². The van der Waals surface area contributed by atoms with Crippen LogP contribution in [0.25, 0.3) is 0 Å². The lowest BCUT2D eigenvalue weighted by Crippen LogP contribution is -2.55. The van der Waals surface area contributed by atoms with Crippen LogP contribution in [0.15, 0.2) is 0 Å². The van der Waals surface area contributed by atoms with Gasteiger partial charge in [-0.25, -0.2) is 0 Å². The summed E-state index contributed by atoms with van der Waals surface area (Å²) in [6, 6.07) is 0. The van der Waals surface area contributed by atoms with Gasteiger partial charge in [-0.05, 0) is 13.0 Å². The van der Waals surface area contributed by atoms with Gasteiger partial charge in [0.05, 0.1) is 12.2 Å². The van der Waals surface area contributed by atoms with Crippen molar-refractivity contribution in [1.29, 1.82) is 0 Å². The molecule has 0 unspecified atom stereocenters. The smallest absolute Gasteiger partial charge is 0.108 e. The van der Waals surface area contributed by atoms with Crippen molar-refractivity contribution in [3.8, 4) is 0 Å². The molecule has 0 spiro atoms. The second kappa shape index (κ2) is 4.91. The molecule has 0 saturated carbocycles. The molecule has 0 amide bonds. The third-order valence-electron chi connectivity index (χ3n) is 2.51. The average Bonchev–Trinajstić information content (AvgIpc) is 2.10.